The van der Waals surface area contributed by atoms with Gasteiger partial charge in [-0.3, -0.25) is 0 Å². The Morgan fingerprint density at radius 3 is 2.50 bits per heavy atom. The van der Waals surface area contributed by atoms with Gasteiger partial charge in [-0.05, 0) is 46.9 Å². The monoisotopic (exact) mass is 403 g/mol. The van der Waals surface area contributed by atoms with E-state index in [4.69, 9.17) is 9.47 Å². The third-order valence-electron chi connectivity index (χ3n) is 3.23. The van der Waals surface area contributed by atoms with Crippen molar-refractivity contribution in [3.63, 3.8) is 0 Å². The third kappa shape index (κ3) is 2.92. The van der Waals surface area contributed by atoms with Crippen molar-refractivity contribution >= 4 is 45.0 Å². The van der Waals surface area contributed by atoms with Crippen LogP contribution in [0, 0.1) is 3.57 Å². The number of aromatic nitrogens is 2. The van der Waals surface area contributed by atoms with Gasteiger partial charge in [0, 0.05) is 20.7 Å². The molecule has 3 aromatic rings. The Morgan fingerprint density at radius 1 is 1.00 bits per heavy atom. The molecule has 0 aliphatic rings. The number of ether oxygens (including phenoxy) is 2. The second kappa shape index (κ2) is 6.35. The van der Waals surface area contributed by atoms with Crippen molar-refractivity contribution in [3.05, 3.63) is 46.3 Å². The topological polar surface area (TPSA) is 56.3 Å². The lowest BCUT2D eigenvalue weighted by Crippen LogP contribution is -1.98. The maximum atomic E-state index is 5.36. The van der Waals surface area contributed by atoms with E-state index in [-0.39, 0.29) is 0 Å². The van der Waals surface area contributed by atoms with Crippen molar-refractivity contribution in [3.8, 4) is 11.5 Å². The minimum Gasteiger partial charge on any atom is -0.493 e. The van der Waals surface area contributed by atoms with E-state index >= 15 is 0 Å². The van der Waals surface area contributed by atoms with Crippen molar-refractivity contribution in [2.45, 2.75) is 0 Å². The Labute approximate surface area is 141 Å². The Kier molecular flexibility index (Phi) is 4.28. The van der Waals surface area contributed by atoms with E-state index in [1.807, 2.05) is 30.3 Å². The summed E-state index contributed by atoms with van der Waals surface area (Å²) in [6.07, 6.45) is 1.53. The molecular weight excluding hydrogens is 389 g/mol. The molecule has 0 bridgehead atoms. The first-order chi connectivity index (χ1) is 10.7. The highest BCUT2D eigenvalue weighted by atomic mass is 123. The number of nitrogens with zero attached hydrogens (tertiary/aromatic N) is 2. The molecule has 22 heavy (non-hydrogen) atoms. The summed E-state index contributed by atoms with van der Waals surface area (Å²) in [5.41, 5.74) is 1.77. The zero-order chi connectivity index (χ0) is 15.5. The fraction of sp³-hybridized carbons (Fsp3) is 0.125. The molecule has 1 N–H and O–H groups in total. The fourth-order valence-corrected chi connectivity index (χ4v) is 2.73. The number of nitrogens with one attached hydrogen (secondary N) is 1. The smallest absolute Gasteiger partial charge is 0.162 e. The average Bonchev–Trinajstić information content (AvgIpc) is 2.54. The van der Waals surface area contributed by atoms with Gasteiger partial charge in [-0.15, -0.1) is 0 Å². The first-order valence-electron chi connectivity index (χ1n) is 6.60. The van der Waals surface area contributed by atoms with Crippen molar-refractivity contribution in [2.75, 3.05) is 19.5 Å². The normalized spacial score (nSPS) is 10.5. The van der Waals surface area contributed by atoms with Crippen molar-refractivity contribution in [1.82, 2.24) is 9.97 Å². The van der Waals surface area contributed by atoms with Crippen LogP contribution in [0.15, 0.2) is 42.7 Å². The molecule has 0 aliphatic heterocycles. The van der Waals surface area contributed by atoms with Crippen LogP contribution in [0.4, 0.5) is 11.5 Å². The molecule has 0 aliphatic carbocycles. The van der Waals surface area contributed by atoms with Crippen LogP contribution in [-0.4, -0.2) is 24.2 Å². The van der Waals surface area contributed by atoms with Gasteiger partial charge in [0.2, 0.25) is 0 Å². The van der Waals surface area contributed by atoms with Crippen LogP contribution in [0.25, 0.3) is 10.9 Å². The second-order valence-electron chi connectivity index (χ2n) is 4.58. The van der Waals surface area contributed by atoms with Crippen molar-refractivity contribution < 1.29 is 9.47 Å². The summed E-state index contributed by atoms with van der Waals surface area (Å²) in [6, 6.07) is 11.8. The van der Waals surface area contributed by atoms with E-state index < -0.39 is 0 Å². The molecule has 1 aromatic heterocycles. The molecule has 0 amide bonds. The average molecular weight is 403 g/mol. The van der Waals surface area contributed by atoms with E-state index in [0.29, 0.717) is 11.5 Å². The van der Waals surface area contributed by atoms with Gasteiger partial charge in [0.15, 0.2) is 11.5 Å². The van der Waals surface area contributed by atoms with Gasteiger partial charge in [0.05, 0.1) is 19.7 Å². The van der Waals surface area contributed by atoms with E-state index in [1.165, 1.54) is 6.33 Å². The predicted molar refractivity (Wildman–Crippen MR) is 95.1 cm³/mol. The minimum absolute atomic E-state index is 0.647. The van der Waals surface area contributed by atoms with Crippen LogP contribution in [0.5, 0.6) is 11.5 Å². The number of hydrogen-bond acceptors (Lipinski definition) is 5. The molecule has 0 saturated heterocycles. The highest BCUT2D eigenvalue weighted by Gasteiger charge is 2.11. The molecule has 0 spiro atoms. The molecule has 0 unspecified atom stereocenters. The Morgan fingerprint density at radius 2 is 1.77 bits per heavy atom. The lowest BCUT2D eigenvalue weighted by atomic mass is 10.2. The summed E-state index contributed by atoms with van der Waals surface area (Å²) >= 11 is 2.28. The number of rotatable bonds is 4. The highest BCUT2D eigenvalue weighted by Crippen LogP contribution is 2.34. The Bertz CT molecular complexity index is 824. The van der Waals surface area contributed by atoms with Crippen LogP contribution in [0.3, 0.4) is 0 Å². The molecule has 5 nitrogen and oxygen atoms in total. The van der Waals surface area contributed by atoms with Gasteiger partial charge in [-0.25, -0.2) is 9.97 Å². The summed E-state index contributed by atoms with van der Waals surface area (Å²) in [6.45, 7) is 0. The maximum absolute atomic E-state index is 5.36. The van der Waals surface area contributed by atoms with Crippen LogP contribution in [0.1, 0.15) is 0 Å². The highest BCUT2D eigenvalue weighted by molar-refractivity contribution is 14.1. The first kappa shape index (κ1) is 14.8. The van der Waals surface area contributed by atoms with E-state index in [1.54, 1.807) is 14.2 Å². The van der Waals surface area contributed by atoms with Crippen molar-refractivity contribution in [2.24, 2.45) is 0 Å². The lowest BCUT2D eigenvalue weighted by molar-refractivity contribution is 0.356. The number of anilines is 2. The van der Waals surface area contributed by atoms with Crippen LogP contribution in [-0.2, 0) is 0 Å². The molecule has 0 saturated carbocycles. The van der Waals surface area contributed by atoms with Gasteiger partial charge >= 0.3 is 0 Å². The zero-order valence-corrected chi connectivity index (χ0v) is 14.3. The van der Waals surface area contributed by atoms with Gasteiger partial charge in [0.1, 0.15) is 12.1 Å². The third-order valence-corrected chi connectivity index (χ3v) is 3.90. The number of fused-ring (bicyclic) bond motifs is 1. The van der Waals surface area contributed by atoms with E-state index in [9.17, 15) is 0 Å². The van der Waals surface area contributed by atoms with E-state index in [0.717, 1.165) is 26.0 Å². The number of methoxy groups -OCH3 is 2. The summed E-state index contributed by atoms with van der Waals surface area (Å²) in [5, 5.41) is 4.20. The summed E-state index contributed by atoms with van der Waals surface area (Å²) in [4.78, 5) is 8.64. The molecule has 0 atom stereocenters. The lowest BCUT2D eigenvalue weighted by Gasteiger charge is -2.12. The van der Waals surface area contributed by atoms with Crippen LogP contribution >= 0.6 is 22.6 Å². The molecule has 0 fully saturated rings. The number of benzene rings is 2. The molecule has 6 heteroatoms. The van der Waals surface area contributed by atoms with Gasteiger partial charge in [0.25, 0.3) is 0 Å². The van der Waals surface area contributed by atoms with E-state index in [2.05, 4.69) is 43.9 Å². The standard InChI is InChI=1S/C16H14IN3O2/c1-21-14-7-12-13(8-15(14)22-2)18-9-19-16(12)20-11-5-3-4-10(17)6-11/h3-9H,1-2H3,(H,18,19,20)/i17-4. The van der Waals surface area contributed by atoms with Gasteiger partial charge in [-0.2, -0.15) is 0 Å². The molecule has 0 radical (unpaired) electrons. The SMILES string of the molecule is COc1cc2ncnc(Nc3cccc([123I])c3)c2cc1OC. The van der Waals surface area contributed by atoms with Gasteiger partial charge in [-0.1, -0.05) is 6.07 Å². The molecule has 112 valence electrons. The predicted octanol–water partition coefficient (Wildman–Crippen LogP) is 4.00. The zero-order valence-electron chi connectivity index (χ0n) is 12.1. The second-order valence-corrected chi connectivity index (χ2v) is 5.83. The quantitative estimate of drug-likeness (QED) is 0.668. The Hall–Kier alpha value is -2.09. The van der Waals surface area contributed by atoms with Crippen LogP contribution in [0.2, 0.25) is 0 Å². The Balaban J connectivity index is 2.09. The van der Waals surface area contributed by atoms with Crippen molar-refractivity contribution in [1.29, 1.82) is 0 Å². The summed E-state index contributed by atoms with van der Waals surface area (Å²) in [5.74, 6) is 2.03. The summed E-state index contributed by atoms with van der Waals surface area (Å²) in [7, 11) is 3.22. The summed E-state index contributed by atoms with van der Waals surface area (Å²) < 4.78 is 11.8. The van der Waals surface area contributed by atoms with Gasteiger partial charge < -0.3 is 14.8 Å². The largest absolute Gasteiger partial charge is 0.493 e. The molecule has 3 rings (SSSR count). The van der Waals surface area contributed by atoms with Crippen LogP contribution < -0.4 is 14.8 Å². The molecule has 1 heterocycles. The number of hydrogen-bond donors (Lipinski definition) is 1. The fourth-order valence-electron chi connectivity index (χ4n) is 2.19. The maximum Gasteiger partial charge on any atom is 0.162 e. The minimum atomic E-state index is 0.647. The first-order valence-corrected chi connectivity index (χ1v) is 7.68. The molecule has 2 aromatic carbocycles. The number of halogens is 1. The molecular formula is C16H14IN3O2.